The minimum Gasteiger partial charge on any atom is -0.379 e. The van der Waals surface area contributed by atoms with Gasteiger partial charge in [-0.3, -0.25) is 4.79 Å². The molecule has 0 radical (unpaired) electrons. The van der Waals surface area contributed by atoms with E-state index in [1.165, 1.54) is 38.5 Å². The summed E-state index contributed by atoms with van der Waals surface area (Å²) in [7, 11) is 0. The van der Waals surface area contributed by atoms with Gasteiger partial charge < -0.3 is 15.4 Å². The molecule has 1 atom stereocenters. The van der Waals surface area contributed by atoms with Crippen LogP contribution in [-0.4, -0.2) is 42.6 Å². The molecule has 0 saturated carbocycles. The molecule has 124 valence electrons. The number of carbonyl (C=O) groups excluding carboxylic acids is 1. The van der Waals surface area contributed by atoms with Crippen LogP contribution in [0.25, 0.3) is 0 Å². The van der Waals surface area contributed by atoms with Crippen LogP contribution < -0.4 is 5.73 Å². The smallest absolute Gasteiger partial charge is 0.245 e. The van der Waals surface area contributed by atoms with Crippen LogP contribution in [0, 0.1) is 0 Å². The molecule has 1 aliphatic heterocycles. The lowest BCUT2D eigenvalue weighted by Crippen LogP contribution is -2.56. The van der Waals surface area contributed by atoms with Crippen molar-refractivity contribution in [2.75, 3.05) is 26.3 Å². The minimum atomic E-state index is -0.768. The predicted octanol–water partition coefficient (Wildman–Crippen LogP) is 3.09. The molecule has 0 spiro atoms. The highest BCUT2D eigenvalue weighted by Crippen LogP contribution is 2.19. The van der Waals surface area contributed by atoms with Gasteiger partial charge in [-0.25, -0.2) is 0 Å². The second-order valence-corrected chi connectivity index (χ2v) is 6.37. The van der Waals surface area contributed by atoms with Gasteiger partial charge in [0.05, 0.1) is 6.61 Å². The highest BCUT2D eigenvalue weighted by atomic mass is 16.5. The molecule has 0 bridgehead atoms. The Morgan fingerprint density at radius 1 is 1.05 bits per heavy atom. The zero-order valence-corrected chi connectivity index (χ0v) is 14.0. The molecule has 1 aliphatic rings. The molecule has 0 aromatic rings. The SMILES string of the molecule is CCCCCCN(CCCCCC)C(=O)C1(N)CCOC1. The fourth-order valence-electron chi connectivity index (χ4n) is 2.84. The summed E-state index contributed by atoms with van der Waals surface area (Å²) in [6.07, 6.45) is 10.2. The van der Waals surface area contributed by atoms with E-state index in [4.69, 9.17) is 10.5 Å². The van der Waals surface area contributed by atoms with Crippen molar-refractivity contribution in [3.8, 4) is 0 Å². The zero-order valence-electron chi connectivity index (χ0n) is 14.0. The lowest BCUT2D eigenvalue weighted by atomic mass is 9.97. The predicted molar refractivity (Wildman–Crippen MR) is 87.2 cm³/mol. The Kier molecular flexibility index (Phi) is 8.93. The number of hydrogen-bond acceptors (Lipinski definition) is 3. The molecule has 1 saturated heterocycles. The summed E-state index contributed by atoms with van der Waals surface area (Å²) in [5, 5.41) is 0. The van der Waals surface area contributed by atoms with E-state index in [1.54, 1.807) is 0 Å². The van der Waals surface area contributed by atoms with Gasteiger partial charge in [-0.1, -0.05) is 52.4 Å². The van der Waals surface area contributed by atoms with E-state index in [9.17, 15) is 4.79 Å². The van der Waals surface area contributed by atoms with E-state index in [1.807, 2.05) is 4.90 Å². The average molecular weight is 298 g/mol. The summed E-state index contributed by atoms with van der Waals surface area (Å²) >= 11 is 0. The number of amides is 1. The van der Waals surface area contributed by atoms with Crippen LogP contribution in [0.5, 0.6) is 0 Å². The first-order valence-electron chi connectivity index (χ1n) is 8.80. The lowest BCUT2D eigenvalue weighted by molar-refractivity contribution is -0.137. The number of unbranched alkanes of at least 4 members (excludes halogenated alkanes) is 6. The molecule has 1 heterocycles. The third-order valence-electron chi connectivity index (χ3n) is 4.33. The molecule has 0 aliphatic carbocycles. The normalized spacial score (nSPS) is 21.7. The molecule has 1 amide bonds. The molecule has 1 fully saturated rings. The maximum Gasteiger partial charge on any atom is 0.245 e. The lowest BCUT2D eigenvalue weighted by Gasteiger charge is -2.31. The summed E-state index contributed by atoms with van der Waals surface area (Å²) in [6, 6.07) is 0. The van der Waals surface area contributed by atoms with Gasteiger partial charge in [-0.15, -0.1) is 0 Å². The first kappa shape index (κ1) is 18.4. The molecule has 1 unspecified atom stereocenters. The van der Waals surface area contributed by atoms with Crippen molar-refractivity contribution in [1.82, 2.24) is 4.90 Å². The van der Waals surface area contributed by atoms with Crippen molar-refractivity contribution < 1.29 is 9.53 Å². The molecular formula is C17H34N2O2. The summed E-state index contributed by atoms with van der Waals surface area (Å²) in [5.74, 6) is 0.105. The van der Waals surface area contributed by atoms with Crippen LogP contribution in [0.3, 0.4) is 0 Å². The van der Waals surface area contributed by atoms with E-state index < -0.39 is 5.54 Å². The Labute approximate surface area is 130 Å². The minimum absolute atomic E-state index is 0.105. The number of ether oxygens (including phenoxy) is 1. The molecule has 1 rings (SSSR count). The summed E-state index contributed by atoms with van der Waals surface area (Å²) < 4.78 is 5.34. The first-order valence-corrected chi connectivity index (χ1v) is 8.80. The van der Waals surface area contributed by atoms with Gasteiger partial charge in [0.2, 0.25) is 5.91 Å². The summed E-state index contributed by atoms with van der Waals surface area (Å²) in [5.41, 5.74) is 5.48. The summed E-state index contributed by atoms with van der Waals surface area (Å²) in [4.78, 5) is 14.7. The van der Waals surface area contributed by atoms with E-state index in [2.05, 4.69) is 13.8 Å². The van der Waals surface area contributed by atoms with Gasteiger partial charge in [0.1, 0.15) is 5.54 Å². The molecule has 0 aromatic heterocycles. The number of hydrogen-bond donors (Lipinski definition) is 1. The van der Waals surface area contributed by atoms with Crippen LogP contribution >= 0.6 is 0 Å². The Morgan fingerprint density at radius 3 is 2.05 bits per heavy atom. The van der Waals surface area contributed by atoms with Crippen LogP contribution in [0.4, 0.5) is 0 Å². The van der Waals surface area contributed by atoms with Crippen LogP contribution in [0.1, 0.15) is 71.6 Å². The van der Waals surface area contributed by atoms with Crippen molar-refractivity contribution in [1.29, 1.82) is 0 Å². The largest absolute Gasteiger partial charge is 0.379 e. The number of rotatable bonds is 11. The van der Waals surface area contributed by atoms with Crippen molar-refractivity contribution in [2.45, 2.75) is 77.2 Å². The van der Waals surface area contributed by atoms with Gasteiger partial charge in [0.25, 0.3) is 0 Å². The highest BCUT2D eigenvalue weighted by molar-refractivity contribution is 5.86. The van der Waals surface area contributed by atoms with E-state index in [-0.39, 0.29) is 5.91 Å². The zero-order chi connectivity index (χ0) is 15.6. The van der Waals surface area contributed by atoms with Crippen molar-refractivity contribution >= 4 is 5.91 Å². The van der Waals surface area contributed by atoms with E-state index in [0.717, 1.165) is 25.9 Å². The standard InChI is InChI=1S/C17H34N2O2/c1-3-5-7-9-12-19(13-10-8-6-4-2)16(20)17(18)11-14-21-15-17/h3-15,18H2,1-2H3. The molecule has 0 aromatic carbocycles. The Balaban J connectivity index is 2.46. The van der Waals surface area contributed by atoms with Crippen LogP contribution in [0.15, 0.2) is 0 Å². The number of carbonyl (C=O) groups is 1. The maximum absolute atomic E-state index is 12.7. The molecule has 21 heavy (non-hydrogen) atoms. The quantitative estimate of drug-likeness (QED) is 0.596. The Morgan fingerprint density at radius 2 is 1.62 bits per heavy atom. The molecular weight excluding hydrogens is 264 g/mol. The van der Waals surface area contributed by atoms with Gasteiger partial charge in [0.15, 0.2) is 0 Å². The van der Waals surface area contributed by atoms with Crippen molar-refractivity contribution in [2.24, 2.45) is 5.73 Å². The van der Waals surface area contributed by atoms with Crippen LogP contribution in [-0.2, 0) is 9.53 Å². The molecule has 4 heteroatoms. The van der Waals surface area contributed by atoms with E-state index in [0.29, 0.717) is 19.6 Å². The first-order chi connectivity index (χ1) is 10.1. The monoisotopic (exact) mass is 298 g/mol. The van der Waals surface area contributed by atoms with Gasteiger partial charge in [-0.05, 0) is 19.3 Å². The van der Waals surface area contributed by atoms with Crippen molar-refractivity contribution in [3.63, 3.8) is 0 Å². The second-order valence-electron chi connectivity index (χ2n) is 6.37. The molecule has 2 N–H and O–H groups in total. The van der Waals surface area contributed by atoms with Gasteiger partial charge in [-0.2, -0.15) is 0 Å². The highest BCUT2D eigenvalue weighted by Gasteiger charge is 2.40. The fraction of sp³-hybridized carbons (Fsp3) is 0.941. The van der Waals surface area contributed by atoms with E-state index >= 15 is 0 Å². The topological polar surface area (TPSA) is 55.6 Å². The third-order valence-corrected chi connectivity index (χ3v) is 4.33. The molecule has 4 nitrogen and oxygen atoms in total. The van der Waals surface area contributed by atoms with Gasteiger partial charge in [0, 0.05) is 19.7 Å². The second kappa shape index (κ2) is 10.2. The van der Waals surface area contributed by atoms with Crippen molar-refractivity contribution in [3.05, 3.63) is 0 Å². The third kappa shape index (κ3) is 6.35. The fourth-order valence-corrected chi connectivity index (χ4v) is 2.84. The Hall–Kier alpha value is -0.610. The number of nitrogens with zero attached hydrogens (tertiary/aromatic N) is 1. The Bertz CT molecular complexity index is 277. The summed E-state index contributed by atoms with van der Waals surface area (Å²) in [6.45, 7) is 7.11. The van der Waals surface area contributed by atoms with Gasteiger partial charge >= 0.3 is 0 Å². The number of nitrogens with two attached hydrogens (primary N) is 1. The maximum atomic E-state index is 12.7. The average Bonchev–Trinajstić information content (AvgIpc) is 2.93. The van der Waals surface area contributed by atoms with Crippen LogP contribution in [0.2, 0.25) is 0 Å².